The zero-order chi connectivity index (χ0) is 13.0. The molecule has 0 aliphatic rings. The molecule has 0 radical (unpaired) electrons. The van der Waals surface area contributed by atoms with Gasteiger partial charge in [-0.3, -0.25) is 0 Å². The Morgan fingerprint density at radius 1 is 1.17 bits per heavy atom. The lowest BCUT2D eigenvalue weighted by molar-refractivity contribution is 0.453. The highest BCUT2D eigenvalue weighted by molar-refractivity contribution is 5.32. The largest absolute Gasteiger partial charge is 0.438 e. The van der Waals surface area contributed by atoms with Crippen LogP contribution in [-0.4, -0.2) is 10.2 Å². The van der Waals surface area contributed by atoms with E-state index in [0.717, 1.165) is 11.4 Å². The van der Waals surface area contributed by atoms with E-state index in [4.69, 9.17) is 10.5 Å². The van der Waals surface area contributed by atoms with Gasteiger partial charge in [-0.1, -0.05) is 26.0 Å². The molecule has 2 rings (SSSR count). The van der Waals surface area contributed by atoms with Crippen LogP contribution < -0.4 is 10.5 Å². The molecule has 0 spiro atoms. The number of rotatable bonds is 4. The number of aromatic nitrogens is 2. The zero-order valence-corrected chi connectivity index (χ0v) is 10.6. The Morgan fingerprint density at radius 3 is 2.61 bits per heavy atom. The molecule has 0 fully saturated rings. The molecular weight excluding hydrogens is 226 g/mol. The Kier molecular flexibility index (Phi) is 3.89. The standard InChI is InChI=1S/C14H17N3O/c1-10(2)11-4-3-5-13(8-11)18-14-7-6-12(9-15)16-17-14/h3-8,10H,9,15H2,1-2H3. The first-order valence-corrected chi connectivity index (χ1v) is 5.99. The van der Waals surface area contributed by atoms with E-state index in [0.29, 0.717) is 18.3 Å². The molecule has 1 aromatic heterocycles. The molecule has 2 N–H and O–H groups in total. The summed E-state index contributed by atoms with van der Waals surface area (Å²) in [6.07, 6.45) is 0. The quantitative estimate of drug-likeness (QED) is 0.897. The minimum Gasteiger partial charge on any atom is -0.438 e. The summed E-state index contributed by atoms with van der Waals surface area (Å²) >= 11 is 0. The molecule has 4 heteroatoms. The van der Waals surface area contributed by atoms with Crippen LogP contribution in [0.3, 0.4) is 0 Å². The van der Waals surface area contributed by atoms with Crippen LogP contribution in [0.4, 0.5) is 0 Å². The third-order valence-corrected chi connectivity index (χ3v) is 2.65. The van der Waals surface area contributed by atoms with Gasteiger partial charge in [-0.15, -0.1) is 5.10 Å². The predicted molar refractivity (Wildman–Crippen MR) is 70.5 cm³/mol. The molecule has 0 saturated heterocycles. The first kappa shape index (κ1) is 12.5. The van der Waals surface area contributed by atoms with Gasteiger partial charge < -0.3 is 10.5 Å². The second-order valence-electron chi connectivity index (χ2n) is 4.40. The molecule has 94 valence electrons. The van der Waals surface area contributed by atoms with Gasteiger partial charge in [0.2, 0.25) is 5.88 Å². The van der Waals surface area contributed by atoms with Gasteiger partial charge in [-0.05, 0) is 29.7 Å². The summed E-state index contributed by atoms with van der Waals surface area (Å²) in [5.41, 5.74) is 7.45. The van der Waals surface area contributed by atoms with E-state index in [1.807, 2.05) is 24.3 Å². The molecule has 1 aromatic carbocycles. The minimum absolute atomic E-state index is 0.385. The smallest absolute Gasteiger partial charge is 0.238 e. The van der Waals surface area contributed by atoms with Crippen molar-refractivity contribution in [3.8, 4) is 11.6 Å². The SMILES string of the molecule is CC(C)c1cccc(Oc2ccc(CN)nn2)c1. The van der Waals surface area contributed by atoms with Crippen LogP contribution in [0.1, 0.15) is 31.0 Å². The van der Waals surface area contributed by atoms with Crippen molar-refractivity contribution in [2.24, 2.45) is 5.73 Å². The van der Waals surface area contributed by atoms with Gasteiger partial charge >= 0.3 is 0 Å². The Morgan fingerprint density at radius 2 is 2.00 bits per heavy atom. The number of nitrogens with two attached hydrogens (primary N) is 1. The molecule has 0 aliphatic heterocycles. The van der Waals surface area contributed by atoms with E-state index in [2.05, 4.69) is 30.1 Å². The van der Waals surface area contributed by atoms with Crippen LogP contribution in [0, 0.1) is 0 Å². The highest BCUT2D eigenvalue weighted by Crippen LogP contribution is 2.23. The topological polar surface area (TPSA) is 61.0 Å². The van der Waals surface area contributed by atoms with E-state index in [-0.39, 0.29) is 0 Å². The van der Waals surface area contributed by atoms with Crippen LogP contribution in [0.25, 0.3) is 0 Å². The highest BCUT2D eigenvalue weighted by Gasteiger charge is 2.03. The monoisotopic (exact) mass is 243 g/mol. The molecule has 4 nitrogen and oxygen atoms in total. The Bertz CT molecular complexity index is 509. The van der Waals surface area contributed by atoms with E-state index in [1.165, 1.54) is 5.56 Å². The van der Waals surface area contributed by atoms with Gasteiger partial charge in [0.15, 0.2) is 0 Å². The lowest BCUT2D eigenvalue weighted by atomic mass is 10.0. The van der Waals surface area contributed by atoms with Crippen molar-refractivity contribution >= 4 is 0 Å². The molecular formula is C14H17N3O. The Balaban J connectivity index is 2.15. The van der Waals surface area contributed by atoms with Gasteiger partial charge in [0.05, 0.1) is 5.69 Å². The molecule has 0 atom stereocenters. The summed E-state index contributed by atoms with van der Waals surface area (Å²) < 4.78 is 5.65. The third kappa shape index (κ3) is 3.05. The summed E-state index contributed by atoms with van der Waals surface area (Å²) in [4.78, 5) is 0. The molecule has 1 heterocycles. The maximum Gasteiger partial charge on any atom is 0.238 e. The van der Waals surface area contributed by atoms with Crippen molar-refractivity contribution in [3.05, 3.63) is 47.7 Å². The fourth-order valence-electron chi connectivity index (χ4n) is 1.57. The van der Waals surface area contributed by atoms with Crippen LogP contribution in [-0.2, 0) is 6.54 Å². The normalized spacial score (nSPS) is 10.7. The maximum atomic E-state index is 5.65. The summed E-state index contributed by atoms with van der Waals surface area (Å²) in [6.45, 7) is 4.68. The van der Waals surface area contributed by atoms with E-state index in [9.17, 15) is 0 Å². The number of benzene rings is 1. The van der Waals surface area contributed by atoms with Gasteiger partial charge in [0.25, 0.3) is 0 Å². The average molecular weight is 243 g/mol. The summed E-state index contributed by atoms with van der Waals surface area (Å²) in [5, 5.41) is 7.92. The number of ether oxygens (including phenoxy) is 1. The van der Waals surface area contributed by atoms with E-state index < -0.39 is 0 Å². The number of hydrogen-bond donors (Lipinski definition) is 1. The number of hydrogen-bond acceptors (Lipinski definition) is 4. The van der Waals surface area contributed by atoms with Crippen molar-refractivity contribution in [2.75, 3.05) is 0 Å². The number of nitrogens with zero attached hydrogens (tertiary/aromatic N) is 2. The summed E-state index contributed by atoms with van der Waals surface area (Å²) in [5.74, 6) is 1.73. The minimum atomic E-state index is 0.385. The summed E-state index contributed by atoms with van der Waals surface area (Å²) in [6, 6.07) is 11.6. The first-order valence-electron chi connectivity index (χ1n) is 5.99. The fraction of sp³-hybridized carbons (Fsp3) is 0.286. The molecule has 0 amide bonds. The van der Waals surface area contributed by atoms with Crippen LogP contribution >= 0.6 is 0 Å². The van der Waals surface area contributed by atoms with Crippen molar-refractivity contribution < 1.29 is 4.74 Å². The molecule has 0 saturated carbocycles. The lowest BCUT2D eigenvalue weighted by Crippen LogP contribution is -2.01. The van der Waals surface area contributed by atoms with Gasteiger partial charge in [-0.2, -0.15) is 5.10 Å². The predicted octanol–water partition coefficient (Wildman–Crippen LogP) is 2.85. The fourth-order valence-corrected chi connectivity index (χ4v) is 1.57. The highest BCUT2D eigenvalue weighted by atomic mass is 16.5. The molecule has 0 unspecified atom stereocenters. The van der Waals surface area contributed by atoms with Gasteiger partial charge in [0, 0.05) is 12.6 Å². The maximum absolute atomic E-state index is 5.65. The average Bonchev–Trinajstić information content (AvgIpc) is 2.40. The zero-order valence-electron chi connectivity index (χ0n) is 10.6. The van der Waals surface area contributed by atoms with Crippen molar-refractivity contribution in [3.63, 3.8) is 0 Å². The van der Waals surface area contributed by atoms with Crippen LogP contribution in [0.15, 0.2) is 36.4 Å². The van der Waals surface area contributed by atoms with E-state index in [1.54, 1.807) is 6.07 Å². The van der Waals surface area contributed by atoms with Crippen molar-refractivity contribution in [1.29, 1.82) is 0 Å². The third-order valence-electron chi connectivity index (χ3n) is 2.65. The molecule has 2 aromatic rings. The van der Waals surface area contributed by atoms with Crippen LogP contribution in [0.5, 0.6) is 11.6 Å². The second-order valence-corrected chi connectivity index (χ2v) is 4.40. The van der Waals surface area contributed by atoms with E-state index >= 15 is 0 Å². The second kappa shape index (κ2) is 5.60. The van der Waals surface area contributed by atoms with Crippen LogP contribution in [0.2, 0.25) is 0 Å². The molecule has 0 bridgehead atoms. The Labute approximate surface area is 107 Å². The van der Waals surface area contributed by atoms with Gasteiger partial charge in [-0.25, -0.2) is 0 Å². The molecule has 0 aliphatic carbocycles. The molecule has 18 heavy (non-hydrogen) atoms. The lowest BCUT2D eigenvalue weighted by Gasteiger charge is -2.08. The van der Waals surface area contributed by atoms with Crippen molar-refractivity contribution in [2.45, 2.75) is 26.3 Å². The Hall–Kier alpha value is -1.94. The van der Waals surface area contributed by atoms with Crippen molar-refractivity contribution in [1.82, 2.24) is 10.2 Å². The first-order chi connectivity index (χ1) is 8.69. The summed E-state index contributed by atoms with van der Waals surface area (Å²) in [7, 11) is 0. The van der Waals surface area contributed by atoms with Gasteiger partial charge in [0.1, 0.15) is 5.75 Å².